The minimum Gasteiger partial charge on any atom is -0.490 e. The maximum Gasteiger partial charge on any atom is 0.204 e. The highest BCUT2D eigenvalue weighted by Crippen LogP contribution is 2.32. The quantitative estimate of drug-likeness (QED) is 0.749. The van der Waals surface area contributed by atoms with Gasteiger partial charge in [0.05, 0.1) is 7.11 Å². The molecule has 0 saturated heterocycles. The first kappa shape index (κ1) is 13.9. The molecule has 0 radical (unpaired) electrons. The van der Waals surface area contributed by atoms with Crippen molar-refractivity contribution in [3.8, 4) is 5.75 Å². The average Bonchev–Trinajstić information content (AvgIpc) is 2.47. The predicted molar refractivity (Wildman–Crippen MR) is 74.6 cm³/mol. The van der Waals surface area contributed by atoms with E-state index in [1.54, 1.807) is 14.2 Å². The number of nitrogens with one attached hydrogen (secondary N) is 2. The van der Waals surface area contributed by atoms with Crippen molar-refractivity contribution in [1.29, 1.82) is 0 Å². The van der Waals surface area contributed by atoms with Crippen molar-refractivity contribution in [3.05, 3.63) is 6.33 Å². The van der Waals surface area contributed by atoms with Crippen LogP contribution in [0.4, 0.5) is 11.6 Å². The Morgan fingerprint density at radius 3 is 2.74 bits per heavy atom. The molecule has 106 valence electrons. The number of hydrogen-bond donors (Lipinski definition) is 3. The number of methoxy groups -OCH3 is 1. The van der Waals surface area contributed by atoms with Crippen LogP contribution in [0.2, 0.25) is 0 Å². The Morgan fingerprint density at radius 1 is 1.32 bits per heavy atom. The fourth-order valence-corrected chi connectivity index (χ4v) is 2.64. The summed E-state index contributed by atoms with van der Waals surface area (Å²) in [5.74, 6) is 2.25. The lowest BCUT2D eigenvalue weighted by molar-refractivity contribution is 0.178. The topological polar surface area (TPSA) is 79.3 Å². The first-order valence-corrected chi connectivity index (χ1v) is 6.74. The van der Waals surface area contributed by atoms with Gasteiger partial charge in [0, 0.05) is 25.6 Å². The van der Waals surface area contributed by atoms with Crippen molar-refractivity contribution in [2.24, 2.45) is 5.92 Å². The van der Waals surface area contributed by atoms with E-state index in [9.17, 15) is 5.11 Å². The summed E-state index contributed by atoms with van der Waals surface area (Å²) in [6, 6.07) is 0.243. The van der Waals surface area contributed by atoms with Crippen molar-refractivity contribution in [2.75, 3.05) is 31.4 Å². The lowest BCUT2D eigenvalue weighted by Crippen LogP contribution is -2.34. The molecular weight excluding hydrogens is 244 g/mol. The molecule has 1 saturated carbocycles. The molecule has 0 bridgehead atoms. The zero-order chi connectivity index (χ0) is 13.7. The molecule has 1 aliphatic carbocycles. The fourth-order valence-electron chi connectivity index (χ4n) is 2.64. The Labute approximate surface area is 113 Å². The summed E-state index contributed by atoms with van der Waals surface area (Å²) in [5.41, 5.74) is 0. The molecule has 1 aliphatic rings. The third-order valence-corrected chi connectivity index (χ3v) is 3.71. The molecule has 2 atom stereocenters. The van der Waals surface area contributed by atoms with Crippen molar-refractivity contribution in [3.63, 3.8) is 0 Å². The third-order valence-electron chi connectivity index (χ3n) is 3.71. The highest BCUT2D eigenvalue weighted by molar-refractivity contribution is 5.63. The van der Waals surface area contributed by atoms with Gasteiger partial charge in [-0.2, -0.15) is 0 Å². The predicted octanol–water partition coefficient (Wildman–Crippen LogP) is 1.49. The van der Waals surface area contributed by atoms with E-state index >= 15 is 0 Å². The van der Waals surface area contributed by atoms with Crippen molar-refractivity contribution >= 4 is 11.6 Å². The number of aromatic nitrogens is 2. The van der Waals surface area contributed by atoms with Gasteiger partial charge in [0.2, 0.25) is 5.75 Å². The first-order chi connectivity index (χ1) is 9.30. The largest absolute Gasteiger partial charge is 0.490 e. The molecular formula is C13H22N4O2. The van der Waals surface area contributed by atoms with Crippen LogP contribution in [-0.4, -0.2) is 41.9 Å². The zero-order valence-electron chi connectivity index (χ0n) is 11.5. The smallest absolute Gasteiger partial charge is 0.204 e. The fraction of sp³-hybridized carbons (Fsp3) is 0.692. The van der Waals surface area contributed by atoms with Gasteiger partial charge in [0.15, 0.2) is 11.6 Å². The minimum absolute atomic E-state index is 0.212. The van der Waals surface area contributed by atoms with E-state index in [0.717, 1.165) is 12.8 Å². The summed E-state index contributed by atoms with van der Waals surface area (Å²) in [4.78, 5) is 8.38. The molecule has 1 aromatic heterocycles. The lowest BCUT2D eigenvalue weighted by atomic mass is 9.85. The van der Waals surface area contributed by atoms with Crippen LogP contribution in [0.5, 0.6) is 5.75 Å². The summed E-state index contributed by atoms with van der Waals surface area (Å²) in [6.07, 6.45) is 5.98. The maximum atomic E-state index is 9.45. The van der Waals surface area contributed by atoms with Gasteiger partial charge >= 0.3 is 0 Å². The summed E-state index contributed by atoms with van der Waals surface area (Å²) >= 11 is 0. The van der Waals surface area contributed by atoms with Crippen LogP contribution >= 0.6 is 0 Å². The van der Waals surface area contributed by atoms with Crippen LogP contribution in [0.1, 0.15) is 25.7 Å². The molecule has 2 rings (SSSR count). The van der Waals surface area contributed by atoms with Crippen LogP contribution in [0, 0.1) is 5.92 Å². The molecule has 1 heterocycles. The van der Waals surface area contributed by atoms with E-state index in [1.165, 1.54) is 19.2 Å². The van der Waals surface area contributed by atoms with E-state index in [2.05, 4.69) is 20.6 Å². The minimum atomic E-state index is 0.212. The zero-order valence-corrected chi connectivity index (χ0v) is 11.5. The standard InChI is InChI=1S/C13H22N4O2/c1-14-12-11(19-2)13(16-8-15-12)17-10-6-4-3-5-9(10)7-18/h8-10,18H,3-7H2,1-2H3,(H2,14,15,16,17). The van der Waals surface area contributed by atoms with E-state index in [-0.39, 0.29) is 18.6 Å². The Bertz CT molecular complexity index is 414. The van der Waals surface area contributed by atoms with Crippen molar-refractivity contribution in [2.45, 2.75) is 31.7 Å². The number of anilines is 2. The number of ether oxygens (including phenoxy) is 1. The second-order valence-corrected chi connectivity index (χ2v) is 4.83. The second kappa shape index (κ2) is 6.56. The maximum absolute atomic E-state index is 9.45. The molecule has 0 aliphatic heterocycles. The number of aliphatic hydroxyl groups excluding tert-OH is 1. The Balaban J connectivity index is 2.17. The van der Waals surface area contributed by atoms with Gasteiger partial charge in [-0.05, 0) is 12.8 Å². The van der Waals surface area contributed by atoms with Crippen molar-refractivity contribution in [1.82, 2.24) is 9.97 Å². The Hall–Kier alpha value is -1.56. The molecule has 0 aromatic carbocycles. The molecule has 6 heteroatoms. The normalized spacial score (nSPS) is 22.9. The number of aliphatic hydroxyl groups is 1. The second-order valence-electron chi connectivity index (χ2n) is 4.83. The number of hydrogen-bond acceptors (Lipinski definition) is 6. The van der Waals surface area contributed by atoms with Crippen LogP contribution in [-0.2, 0) is 0 Å². The van der Waals surface area contributed by atoms with Gasteiger partial charge in [-0.15, -0.1) is 0 Å². The summed E-state index contributed by atoms with van der Waals surface area (Å²) < 4.78 is 5.37. The monoisotopic (exact) mass is 266 g/mol. The highest BCUT2D eigenvalue weighted by Gasteiger charge is 2.26. The van der Waals surface area contributed by atoms with Gasteiger partial charge < -0.3 is 20.5 Å². The van der Waals surface area contributed by atoms with Gasteiger partial charge in [0.1, 0.15) is 6.33 Å². The molecule has 1 aromatic rings. The molecule has 1 fully saturated rings. The van der Waals surface area contributed by atoms with Gasteiger partial charge in [-0.3, -0.25) is 0 Å². The van der Waals surface area contributed by atoms with E-state index < -0.39 is 0 Å². The van der Waals surface area contributed by atoms with E-state index in [1.807, 2.05) is 0 Å². The average molecular weight is 266 g/mol. The Morgan fingerprint density at radius 2 is 2.05 bits per heavy atom. The van der Waals surface area contributed by atoms with Gasteiger partial charge in [-0.25, -0.2) is 9.97 Å². The molecule has 3 N–H and O–H groups in total. The summed E-state index contributed by atoms with van der Waals surface area (Å²) in [5, 5.41) is 15.8. The van der Waals surface area contributed by atoms with Crippen LogP contribution in [0.15, 0.2) is 6.33 Å². The molecule has 0 amide bonds. The highest BCUT2D eigenvalue weighted by atomic mass is 16.5. The van der Waals surface area contributed by atoms with E-state index in [4.69, 9.17) is 4.74 Å². The van der Waals surface area contributed by atoms with Crippen molar-refractivity contribution < 1.29 is 9.84 Å². The first-order valence-electron chi connectivity index (χ1n) is 6.74. The van der Waals surface area contributed by atoms with Crippen LogP contribution < -0.4 is 15.4 Å². The molecule has 6 nitrogen and oxygen atoms in total. The summed E-state index contributed by atoms with van der Waals surface area (Å²) in [6.45, 7) is 0.212. The van der Waals surface area contributed by atoms with Crippen LogP contribution in [0.3, 0.4) is 0 Å². The van der Waals surface area contributed by atoms with E-state index in [0.29, 0.717) is 17.4 Å². The molecule has 19 heavy (non-hydrogen) atoms. The van der Waals surface area contributed by atoms with Gasteiger partial charge in [0.25, 0.3) is 0 Å². The third kappa shape index (κ3) is 3.07. The van der Waals surface area contributed by atoms with Gasteiger partial charge in [-0.1, -0.05) is 12.8 Å². The SMILES string of the molecule is CNc1ncnc(NC2CCCCC2CO)c1OC. The number of nitrogens with zero attached hydrogens (tertiary/aromatic N) is 2. The van der Waals surface area contributed by atoms with Crippen LogP contribution in [0.25, 0.3) is 0 Å². The summed E-state index contributed by atoms with van der Waals surface area (Å²) in [7, 11) is 3.40. The lowest BCUT2D eigenvalue weighted by Gasteiger charge is -2.31. The number of rotatable bonds is 5. The molecule has 0 spiro atoms. The molecule has 2 unspecified atom stereocenters. The Kier molecular flexibility index (Phi) is 4.79.